The summed E-state index contributed by atoms with van der Waals surface area (Å²) in [6.07, 6.45) is -4.94. The molecule has 0 saturated carbocycles. The van der Waals surface area contributed by atoms with E-state index in [1.54, 1.807) is 13.0 Å². The second-order valence-corrected chi connectivity index (χ2v) is 6.61. The highest BCUT2D eigenvalue weighted by molar-refractivity contribution is 6.62. The number of aryl methyl sites for hydroxylation is 1. The van der Waals surface area contributed by atoms with Crippen LogP contribution in [0, 0.1) is 6.92 Å². The SMILES string of the molecule is Cc1ccc(NC(=O)C(F)(F)F)cc1B1OC(C)(C)C(C)(C)O1. The van der Waals surface area contributed by atoms with E-state index in [2.05, 4.69) is 0 Å². The average molecular weight is 329 g/mol. The maximum Gasteiger partial charge on any atom is 0.495 e. The lowest BCUT2D eigenvalue weighted by Gasteiger charge is -2.32. The number of nitrogens with one attached hydrogen (secondary N) is 1. The molecule has 8 heteroatoms. The van der Waals surface area contributed by atoms with Gasteiger partial charge in [-0.2, -0.15) is 13.2 Å². The van der Waals surface area contributed by atoms with Gasteiger partial charge in [-0.3, -0.25) is 4.79 Å². The third-order valence-electron chi connectivity index (χ3n) is 4.30. The van der Waals surface area contributed by atoms with Crippen molar-refractivity contribution in [3.63, 3.8) is 0 Å². The topological polar surface area (TPSA) is 47.6 Å². The van der Waals surface area contributed by atoms with E-state index in [-0.39, 0.29) is 5.69 Å². The molecular weight excluding hydrogens is 310 g/mol. The first-order valence-corrected chi connectivity index (χ1v) is 7.18. The molecule has 0 spiro atoms. The molecule has 2 rings (SSSR count). The van der Waals surface area contributed by atoms with Crippen LogP contribution in [0.4, 0.5) is 18.9 Å². The van der Waals surface area contributed by atoms with Crippen LogP contribution in [0.5, 0.6) is 0 Å². The highest BCUT2D eigenvalue weighted by Crippen LogP contribution is 2.36. The second kappa shape index (κ2) is 5.52. The normalized spacial score (nSPS) is 19.7. The number of carbonyl (C=O) groups excluding carboxylic acids is 1. The third kappa shape index (κ3) is 3.53. The first kappa shape index (κ1) is 17.8. The summed E-state index contributed by atoms with van der Waals surface area (Å²) < 4.78 is 48.9. The molecule has 23 heavy (non-hydrogen) atoms. The van der Waals surface area contributed by atoms with Crippen molar-refractivity contribution < 1.29 is 27.3 Å². The number of alkyl halides is 3. The van der Waals surface area contributed by atoms with Crippen LogP contribution in [0.25, 0.3) is 0 Å². The summed E-state index contributed by atoms with van der Waals surface area (Å²) in [5, 5.41) is 1.84. The number of hydrogen-bond acceptors (Lipinski definition) is 3. The third-order valence-corrected chi connectivity index (χ3v) is 4.30. The fourth-order valence-corrected chi connectivity index (χ4v) is 2.14. The minimum atomic E-state index is -4.94. The van der Waals surface area contributed by atoms with Crippen molar-refractivity contribution in [2.45, 2.75) is 52.0 Å². The fourth-order valence-electron chi connectivity index (χ4n) is 2.14. The average Bonchev–Trinajstić information content (AvgIpc) is 2.59. The molecule has 1 aliphatic heterocycles. The van der Waals surface area contributed by atoms with E-state index in [0.717, 1.165) is 5.56 Å². The van der Waals surface area contributed by atoms with Crippen molar-refractivity contribution in [1.29, 1.82) is 0 Å². The Balaban J connectivity index is 2.28. The molecule has 1 fully saturated rings. The summed E-state index contributed by atoms with van der Waals surface area (Å²) in [7, 11) is -0.706. The minimum absolute atomic E-state index is 0.0441. The van der Waals surface area contributed by atoms with Crippen molar-refractivity contribution >= 4 is 24.2 Å². The molecule has 1 amide bonds. The van der Waals surface area contributed by atoms with Crippen molar-refractivity contribution in [3.8, 4) is 0 Å². The lowest BCUT2D eigenvalue weighted by molar-refractivity contribution is -0.167. The summed E-state index contributed by atoms with van der Waals surface area (Å²) in [4.78, 5) is 11.1. The number of anilines is 1. The van der Waals surface area contributed by atoms with E-state index in [0.29, 0.717) is 5.46 Å². The Labute approximate surface area is 133 Å². The van der Waals surface area contributed by atoms with E-state index in [1.165, 1.54) is 12.1 Å². The smallest absolute Gasteiger partial charge is 0.399 e. The van der Waals surface area contributed by atoms with Gasteiger partial charge in [0.2, 0.25) is 0 Å². The highest BCUT2D eigenvalue weighted by atomic mass is 19.4. The first-order chi connectivity index (χ1) is 10.3. The van der Waals surface area contributed by atoms with Crippen LogP contribution in [0.3, 0.4) is 0 Å². The van der Waals surface area contributed by atoms with Crippen molar-refractivity contribution in [1.82, 2.24) is 0 Å². The fraction of sp³-hybridized carbons (Fsp3) is 0.533. The first-order valence-electron chi connectivity index (χ1n) is 7.18. The van der Waals surface area contributed by atoms with Crippen LogP contribution >= 0.6 is 0 Å². The number of rotatable bonds is 2. The number of carbonyl (C=O) groups is 1. The Bertz CT molecular complexity index is 613. The van der Waals surface area contributed by atoms with E-state index in [4.69, 9.17) is 9.31 Å². The van der Waals surface area contributed by atoms with Gasteiger partial charge in [-0.05, 0) is 52.2 Å². The summed E-state index contributed by atoms with van der Waals surface area (Å²) in [6, 6.07) is 4.47. The zero-order valence-electron chi connectivity index (χ0n) is 13.7. The largest absolute Gasteiger partial charge is 0.495 e. The lowest BCUT2D eigenvalue weighted by atomic mass is 9.76. The van der Waals surface area contributed by atoms with Crippen molar-refractivity contribution in [3.05, 3.63) is 23.8 Å². The number of amides is 1. The predicted octanol–water partition coefficient (Wildman–Crippen LogP) is 2.80. The van der Waals surface area contributed by atoms with Crippen LogP contribution in [-0.2, 0) is 14.1 Å². The van der Waals surface area contributed by atoms with E-state index in [9.17, 15) is 18.0 Å². The molecule has 1 aromatic carbocycles. The van der Waals surface area contributed by atoms with Gasteiger partial charge in [0.15, 0.2) is 0 Å². The van der Waals surface area contributed by atoms with Gasteiger partial charge in [0, 0.05) is 5.69 Å². The lowest BCUT2D eigenvalue weighted by Crippen LogP contribution is -2.41. The van der Waals surface area contributed by atoms with Gasteiger partial charge in [-0.1, -0.05) is 11.6 Å². The molecule has 0 unspecified atom stereocenters. The Morgan fingerprint density at radius 3 is 2.13 bits per heavy atom. The molecule has 1 heterocycles. The van der Waals surface area contributed by atoms with E-state index < -0.39 is 30.4 Å². The van der Waals surface area contributed by atoms with E-state index in [1.807, 2.05) is 33.0 Å². The monoisotopic (exact) mass is 329 g/mol. The molecule has 0 bridgehead atoms. The van der Waals surface area contributed by atoms with E-state index >= 15 is 0 Å². The van der Waals surface area contributed by atoms with Crippen molar-refractivity contribution in [2.75, 3.05) is 5.32 Å². The molecule has 1 saturated heterocycles. The van der Waals surface area contributed by atoms with Crippen LogP contribution in [0.1, 0.15) is 33.3 Å². The maximum absolute atomic E-state index is 12.4. The Hall–Kier alpha value is -1.54. The van der Waals surface area contributed by atoms with Gasteiger partial charge < -0.3 is 14.6 Å². The Kier molecular flexibility index (Phi) is 4.28. The van der Waals surface area contributed by atoms with Gasteiger partial charge in [0.05, 0.1) is 11.2 Å². The van der Waals surface area contributed by atoms with Crippen LogP contribution in [0.2, 0.25) is 0 Å². The number of benzene rings is 1. The summed E-state index contributed by atoms with van der Waals surface area (Å²) >= 11 is 0. The maximum atomic E-state index is 12.4. The Morgan fingerprint density at radius 1 is 1.13 bits per heavy atom. The second-order valence-electron chi connectivity index (χ2n) is 6.61. The van der Waals surface area contributed by atoms with Crippen LogP contribution in [-0.4, -0.2) is 30.4 Å². The van der Waals surface area contributed by atoms with Gasteiger partial charge in [-0.25, -0.2) is 0 Å². The minimum Gasteiger partial charge on any atom is -0.399 e. The quantitative estimate of drug-likeness (QED) is 0.849. The summed E-state index contributed by atoms with van der Waals surface area (Å²) in [5.74, 6) is -2.01. The summed E-state index contributed by atoms with van der Waals surface area (Å²) in [5.41, 5.74) is 0.310. The number of halogens is 3. The Morgan fingerprint density at radius 2 is 1.65 bits per heavy atom. The van der Waals surface area contributed by atoms with Gasteiger partial charge in [-0.15, -0.1) is 0 Å². The van der Waals surface area contributed by atoms with Gasteiger partial charge in [0.25, 0.3) is 0 Å². The zero-order chi connectivity index (χ0) is 17.6. The van der Waals surface area contributed by atoms with Gasteiger partial charge >= 0.3 is 19.2 Å². The molecule has 126 valence electrons. The molecular formula is C15H19BF3NO3. The molecule has 1 aromatic rings. The summed E-state index contributed by atoms with van der Waals surface area (Å²) in [6.45, 7) is 9.35. The van der Waals surface area contributed by atoms with Gasteiger partial charge in [0.1, 0.15) is 0 Å². The number of hydrogen-bond donors (Lipinski definition) is 1. The molecule has 1 aliphatic rings. The molecule has 4 nitrogen and oxygen atoms in total. The molecule has 0 aliphatic carbocycles. The molecule has 0 aromatic heterocycles. The molecule has 0 atom stereocenters. The predicted molar refractivity (Wildman–Crippen MR) is 81.6 cm³/mol. The van der Waals surface area contributed by atoms with Crippen LogP contribution in [0.15, 0.2) is 18.2 Å². The zero-order valence-corrected chi connectivity index (χ0v) is 13.7. The highest BCUT2D eigenvalue weighted by Gasteiger charge is 2.52. The molecule has 0 radical (unpaired) electrons. The van der Waals surface area contributed by atoms with Crippen molar-refractivity contribution in [2.24, 2.45) is 0 Å². The molecule has 1 N–H and O–H groups in total. The van der Waals surface area contributed by atoms with Crippen LogP contribution < -0.4 is 10.8 Å². The standard InChI is InChI=1S/C15H19BF3NO3/c1-9-6-7-10(20-12(21)15(17,18)19)8-11(9)16-22-13(2,3)14(4,5)23-16/h6-8H,1-5H3,(H,20,21).